The van der Waals surface area contributed by atoms with Gasteiger partial charge in [-0.3, -0.25) is 4.99 Å². The molecule has 0 bridgehead atoms. The molecule has 2 aliphatic heterocycles. The summed E-state index contributed by atoms with van der Waals surface area (Å²) in [5.41, 5.74) is 1.09. The Bertz CT molecular complexity index is 565. The Kier molecular flexibility index (Phi) is 7.22. The van der Waals surface area contributed by atoms with Crippen molar-refractivity contribution in [3.63, 3.8) is 0 Å². The highest BCUT2D eigenvalue weighted by Crippen LogP contribution is 2.39. The van der Waals surface area contributed by atoms with Gasteiger partial charge in [-0.25, -0.2) is 0 Å². The number of rotatable bonds is 4. The lowest BCUT2D eigenvalue weighted by Gasteiger charge is -2.15. The Morgan fingerprint density at radius 3 is 2.96 bits per heavy atom. The number of ether oxygens (including phenoxy) is 3. The van der Waals surface area contributed by atoms with Crippen molar-refractivity contribution >= 4 is 45.9 Å². The maximum Gasteiger partial charge on any atom is 0.231 e. The third-order valence-corrected chi connectivity index (χ3v) is 4.28. The zero-order valence-electron chi connectivity index (χ0n) is 12.9. The van der Waals surface area contributed by atoms with E-state index >= 15 is 0 Å². The van der Waals surface area contributed by atoms with E-state index < -0.39 is 0 Å². The molecule has 0 spiro atoms. The molecule has 23 heavy (non-hydrogen) atoms. The molecule has 0 aromatic heterocycles. The van der Waals surface area contributed by atoms with Crippen LogP contribution in [0.15, 0.2) is 21.6 Å². The number of guanidine groups is 1. The zero-order valence-corrected chi connectivity index (χ0v) is 16.8. The van der Waals surface area contributed by atoms with Gasteiger partial charge in [0.25, 0.3) is 0 Å². The second kappa shape index (κ2) is 8.93. The third kappa shape index (κ3) is 4.87. The molecule has 1 aromatic carbocycles. The zero-order chi connectivity index (χ0) is 15.4. The summed E-state index contributed by atoms with van der Waals surface area (Å²) in [6, 6.07) is 4.00. The molecule has 0 amide bonds. The third-order valence-electron chi connectivity index (χ3n) is 3.69. The normalized spacial score (nSPS) is 19.4. The lowest BCUT2D eigenvalue weighted by Crippen LogP contribution is -2.40. The molecular weight excluding hydrogens is 477 g/mol. The molecule has 2 aliphatic rings. The Balaban J connectivity index is 0.00000192. The Hall–Kier alpha value is -0.740. The van der Waals surface area contributed by atoms with Crippen molar-refractivity contribution in [1.82, 2.24) is 10.6 Å². The van der Waals surface area contributed by atoms with E-state index in [-0.39, 0.29) is 30.8 Å². The minimum absolute atomic E-state index is 0. The van der Waals surface area contributed by atoms with Gasteiger partial charge in [0, 0.05) is 26.7 Å². The number of hydrogen-bond acceptors (Lipinski definition) is 4. The number of halogens is 2. The molecule has 0 radical (unpaired) electrons. The van der Waals surface area contributed by atoms with Gasteiger partial charge >= 0.3 is 0 Å². The smallest absolute Gasteiger partial charge is 0.231 e. The van der Waals surface area contributed by atoms with Gasteiger partial charge in [-0.15, -0.1) is 24.0 Å². The Morgan fingerprint density at radius 2 is 2.22 bits per heavy atom. The van der Waals surface area contributed by atoms with E-state index in [9.17, 15) is 0 Å². The number of benzene rings is 1. The lowest BCUT2D eigenvalue weighted by molar-refractivity contribution is 0.114. The van der Waals surface area contributed by atoms with Crippen LogP contribution in [0.5, 0.6) is 11.5 Å². The average molecular weight is 498 g/mol. The molecule has 3 rings (SSSR count). The molecule has 1 fully saturated rings. The quantitative estimate of drug-likeness (QED) is 0.380. The first kappa shape index (κ1) is 18.6. The van der Waals surface area contributed by atoms with Crippen LogP contribution in [0.4, 0.5) is 0 Å². The number of aliphatic imine (C=N–C) groups is 1. The predicted molar refractivity (Wildman–Crippen MR) is 103 cm³/mol. The van der Waals surface area contributed by atoms with Gasteiger partial charge < -0.3 is 24.8 Å². The van der Waals surface area contributed by atoms with E-state index in [1.54, 1.807) is 7.05 Å². The molecule has 0 aliphatic carbocycles. The highest BCUT2D eigenvalue weighted by molar-refractivity contribution is 14.0. The maximum atomic E-state index is 5.59. The van der Waals surface area contributed by atoms with E-state index in [1.807, 2.05) is 12.1 Å². The van der Waals surface area contributed by atoms with Gasteiger partial charge in [-0.1, -0.05) is 0 Å². The summed E-state index contributed by atoms with van der Waals surface area (Å²) in [5.74, 6) is 2.31. The topological polar surface area (TPSA) is 64.1 Å². The van der Waals surface area contributed by atoms with Crippen molar-refractivity contribution < 1.29 is 14.2 Å². The fraction of sp³-hybridized carbons (Fsp3) is 0.533. The fourth-order valence-electron chi connectivity index (χ4n) is 2.55. The van der Waals surface area contributed by atoms with Crippen LogP contribution in [0.1, 0.15) is 18.4 Å². The van der Waals surface area contributed by atoms with Crippen molar-refractivity contribution in [3.05, 3.63) is 22.2 Å². The van der Waals surface area contributed by atoms with Gasteiger partial charge in [0.05, 0.1) is 10.6 Å². The van der Waals surface area contributed by atoms with Gasteiger partial charge in [0.1, 0.15) is 0 Å². The van der Waals surface area contributed by atoms with Crippen LogP contribution in [0.25, 0.3) is 0 Å². The number of hydrogen-bond donors (Lipinski definition) is 2. The van der Waals surface area contributed by atoms with Crippen molar-refractivity contribution in [1.29, 1.82) is 0 Å². The molecule has 1 aromatic rings. The van der Waals surface area contributed by atoms with Gasteiger partial charge in [-0.2, -0.15) is 0 Å². The average Bonchev–Trinajstić information content (AvgIpc) is 3.18. The highest BCUT2D eigenvalue weighted by atomic mass is 127. The fourth-order valence-corrected chi connectivity index (χ4v) is 3.15. The number of fused-ring (bicyclic) bond motifs is 1. The number of nitrogens with one attached hydrogen (secondary N) is 2. The van der Waals surface area contributed by atoms with Crippen LogP contribution in [-0.2, 0) is 11.3 Å². The summed E-state index contributed by atoms with van der Waals surface area (Å²) in [7, 11) is 1.76. The molecule has 8 heteroatoms. The van der Waals surface area contributed by atoms with Crippen molar-refractivity contribution in [2.75, 3.05) is 27.0 Å². The van der Waals surface area contributed by atoms with Crippen LogP contribution in [0.2, 0.25) is 0 Å². The minimum Gasteiger partial charge on any atom is -0.454 e. The van der Waals surface area contributed by atoms with Gasteiger partial charge in [-0.05, 0) is 46.5 Å². The largest absolute Gasteiger partial charge is 0.454 e. The van der Waals surface area contributed by atoms with Crippen LogP contribution in [0, 0.1) is 0 Å². The Labute approximate surface area is 161 Å². The molecule has 0 saturated carbocycles. The van der Waals surface area contributed by atoms with Crippen molar-refractivity contribution in [3.8, 4) is 11.5 Å². The van der Waals surface area contributed by atoms with E-state index in [2.05, 4.69) is 31.6 Å². The first-order valence-corrected chi connectivity index (χ1v) is 8.19. The number of nitrogens with zero attached hydrogens (tertiary/aromatic N) is 1. The monoisotopic (exact) mass is 497 g/mol. The summed E-state index contributed by atoms with van der Waals surface area (Å²) in [5, 5.41) is 6.59. The summed E-state index contributed by atoms with van der Waals surface area (Å²) in [4.78, 5) is 4.23. The van der Waals surface area contributed by atoms with Crippen LogP contribution in [0.3, 0.4) is 0 Å². The van der Waals surface area contributed by atoms with E-state index in [4.69, 9.17) is 14.2 Å². The molecule has 1 saturated heterocycles. The van der Waals surface area contributed by atoms with Gasteiger partial charge in [0.2, 0.25) is 6.79 Å². The van der Waals surface area contributed by atoms with Crippen LogP contribution < -0.4 is 20.1 Å². The van der Waals surface area contributed by atoms with E-state index in [0.717, 1.165) is 53.5 Å². The van der Waals surface area contributed by atoms with E-state index in [1.165, 1.54) is 0 Å². The lowest BCUT2D eigenvalue weighted by atomic mass is 10.2. The van der Waals surface area contributed by atoms with Crippen LogP contribution >= 0.6 is 39.9 Å². The molecule has 6 nitrogen and oxygen atoms in total. The second-order valence-electron chi connectivity index (χ2n) is 5.25. The van der Waals surface area contributed by atoms with Crippen LogP contribution in [-0.4, -0.2) is 39.1 Å². The molecule has 2 N–H and O–H groups in total. The maximum absolute atomic E-state index is 5.59. The first-order valence-electron chi connectivity index (χ1n) is 7.40. The summed E-state index contributed by atoms with van der Waals surface area (Å²) in [6.45, 7) is 2.57. The summed E-state index contributed by atoms with van der Waals surface area (Å²) in [6.07, 6.45) is 2.54. The van der Waals surface area contributed by atoms with Crippen molar-refractivity contribution in [2.45, 2.75) is 25.5 Å². The summed E-state index contributed by atoms with van der Waals surface area (Å²) >= 11 is 3.50. The SMILES string of the molecule is CN=C(NCc1cc(Br)c2c(c1)OCO2)NCC1CCCO1.I. The predicted octanol–water partition coefficient (Wildman–Crippen LogP) is 2.64. The molecule has 2 heterocycles. The minimum atomic E-state index is 0. The molecule has 1 unspecified atom stereocenters. The second-order valence-corrected chi connectivity index (χ2v) is 6.11. The Morgan fingerprint density at radius 1 is 1.35 bits per heavy atom. The molecule has 1 atom stereocenters. The highest BCUT2D eigenvalue weighted by Gasteiger charge is 2.18. The molecular formula is C15H21BrIN3O3. The van der Waals surface area contributed by atoms with Gasteiger partial charge in [0.15, 0.2) is 17.5 Å². The summed E-state index contributed by atoms with van der Waals surface area (Å²) < 4.78 is 17.3. The first-order chi connectivity index (χ1) is 10.8. The standard InChI is InChI=1S/C15H20BrN3O3.HI/c1-17-15(19-8-11-3-2-4-20-11)18-7-10-5-12(16)14-13(6-10)21-9-22-14;/h5-6,11H,2-4,7-9H2,1H3,(H2,17,18,19);1H. The van der Waals surface area contributed by atoms with E-state index in [0.29, 0.717) is 12.6 Å². The molecule has 128 valence electrons. The van der Waals surface area contributed by atoms with Crippen molar-refractivity contribution in [2.24, 2.45) is 4.99 Å².